The molecule has 0 spiro atoms. The number of fused-ring (bicyclic) bond motifs is 8. The molecule has 4 aromatic carbocycles. The lowest BCUT2D eigenvalue weighted by Gasteiger charge is -2.41. The summed E-state index contributed by atoms with van der Waals surface area (Å²) in [6, 6.07) is 19.0. The molecule has 4 aromatic rings. The van der Waals surface area contributed by atoms with Crippen molar-refractivity contribution in [2.75, 3.05) is 217 Å². The lowest BCUT2D eigenvalue weighted by Crippen LogP contribution is -2.34. The van der Waals surface area contributed by atoms with Gasteiger partial charge >= 0.3 is 0 Å². The SMILES string of the molecule is CC1c2cc(c(OP3N(C)CCCN3C)cc2OP2N(C)CCCN2C)C(C)c2cc(c(OP3N(C)CCCN3C)cc2OP2N(C)CCCN2C)C(C)c2cc(c(OP3N(C)CCCN3C)cc2OP2N(C)CCCN2C)C(C)c2cc1c(OP1N(C)CCCN1C)cc2OP1N(C)CCCN1C. The van der Waals surface area contributed by atoms with Gasteiger partial charge in [0.05, 0.1) is 0 Å². The van der Waals surface area contributed by atoms with Gasteiger partial charge in [-0.2, -0.15) is 0 Å². The number of hydrogen-bond donors (Lipinski definition) is 0. The molecule has 32 heteroatoms. The van der Waals surface area contributed by atoms with Crippen molar-refractivity contribution in [3.63, 3.8) is 0 Å². The molecule has 8 bridgehead atoms. The van der Waals surface area contributed by atoms with Gasteiger partial charge < -0.3 is 36.2 Å². The Morgan fingerprint density at radius 2 is 0.279 bits per heavy atom. The van der Waals surface area contributed by atoms with E-state index in [-0.39, 0.29) is 23.7 Å². The monoisotopic (exact) mass is 1580 g/mol. The molecular weight excluding hydrogens is 1460 g/mol. The van der Waals surface area contributed by atoms with Crippen LogP contribution in [0.1, 0.15) is 147 Å². The maximum atomic E-state index is 7.81. The second kappa shape index (κ2) is 35.0. The van der Waals surface area contributed by atoms with Crippen LogP contribution in [0, 0.1) is 0 Å². The van der Waals surface area contributed by atoms with E-state index in [0.717, 1.165) is 247 Å². The summed E-state index contributed by atoms with van der Waals surface area (Å²) < 4.78 is 101. The molecule has 24 nitrogen and oxygen atoms in total. The Labute approximate surface area is 634 Å². The highest BCUT2D eigenvalue weighted by molar-refractivity contribution is 7.50. The first-order valence-electron chi connectivity index (χ1n) is 37.7. The predicted octanol–water partition coefficient (Wildman–Crippen LogP) is 15.6. The average Bonchev–Trinajstić information content (AvgIpc) is 0.750. The molecule has 9 aliphatic rings. The summed E-state index contributed by atoms with van der Waals surface area (Å²) in [6.07, 6.45) is 8.51. The molecule has 104 heavy (non-hydrogen) atoms. The van der Waals surface area contributed by atoms with Gasteiger partial charge in [0.2, 0.25) is 67.6 Å². The number of nitrogens with zero attached hydrogens (tertiary/aromatic N) is 16. The van der Waals surface area contributed by atoms with Gasteiger partial charge in [-0.05, 0) is 188 Å². The highest BCUT2D eigenvalue weighted by Crippen LogP contribution is 2.63. The zero-order valence-corrected chi connectivity index (χ0v) is 73.1. The quantitative estimate of drug-likeness (QED) is 0.0987. The smallest absolute Gasteiger partial charge is 0.247 e. The summed E-state index contributed by atoms with van der Waals surface area (Å²) in [6.45, 7) is 24.6. The highest BCUT2D eigenvalue weighted by Gasteiger charge is 2.42. The molecular formula is C72H120N16O8P8. The van der Waals surface area contributed by atoms with Gasteiger partial charge in [-0.1, -0.05) is 27.7 Å². The molecule has 0 radical (unpaired) electrons. The Morgan fingerprint density at radius 3 is 0.375 bits per heavy atom. The molecule has 8 fully saturated rings. The molecule has 0 aromatic heterocycles. The standard InChI is InChI=1S/C72H120N16O8P8/c1-53-57-45-59(67(91-99-77(9)33-23-34-78(99)10)49-65(57)89-97-73(5)29-21-30-74(97)6)54(2)61-47-63(71(95-103-85(17)41-27-42-86(103)18)51-69(61)93-101-81(13)37-25-38-82(101)14)56(4)64-48-62(70(94-102-83(15)39-26-40-84(102)16)52-72(64)96-104-87(19)43-28-44-88(104)20)55(3)60-46-58(53)66(90-98-75(7)31-22-32-76(98)8)50-68(60)92-100-79(11)35-24-36-80(100)12/h45-56H,21-44H2,1-20H3. The first-order valence-corrected chi connectivity index (χ1v) is 47.1. The van der Waals surface area contributed by atoms with Crippen molar-refractivity contribution in [1.29, 1.82) is 0 Å². The summed E-state index contributed by atoms with van der Waals surface area (Å²) in [7, 11) is 25.7. The Morgan fingerprint density at radius 1 is 0.183 bits per heavy atom. The first-order chi connectivity index (χ1) is 49.8. The van der Waals surface area contributed by atoms with Crippen molar-refractivity contribution >= 4 is 67.6 Å². The molecule has 1 aliphatic carbocycles. The second-order valence-corrected chi connectivity index (χ2v) is 46.7. The van der Waals surface area contributed by atoms with Crippen molar-refractivity contribution < 1.29 is 36.2 Å². The van der Waals surface area contributed by atoms with Crippen LogP contribution in [-0.4, -0.2) is 292 Å². The Kier molecular flexibility index (Phi) is 27.0. The van der Waals surface area contributed by atoms with Crippen molar-refractivity contribution in [2.45, 2.75) is 103 Å². The van der Waals surface area contributed by atoms with Crippen molar-refractivity contribution in [3.8, 4) is 46.0 Å². The Bertz CT molecular complexity index is 2880. The molecule has 0 unspecified atom stereocenters. The van der Waals surface area contributed by atoms with Crippen LogP contribution in [-0.2, 0) is 0 Å². The van der Waals surface area contributed by atoms with Crippen LogP contribution in [0.15, 0.2) is 48.5 Å². The number of benzene rings is 4. The van der Waals surface area contributed by atoms with Gasteiger partial charge in [-0.15, -0.1) is 0 Å². The van der Waals surface area contributed by atoms with E-state index < -0.39 is 67.6 Å². The first kappa shape index (κ1) is 80.1. The van der Waals surface area contributed by atoms with Crippen molar-refractivity contribution in [1.82, 2.24) is 74.7 Å². The van der Waals surface area contributed by atoms with Crippen LogP contribution >= 0.6 is 67.6 Å². The maximum Gasteiger partial charge on any atom is 0.247 e. The zero-order valence-electron chi connectivity index (χ0n) is 65.9. The van der Waals surface area contributed by atoms with Crippen LogP contribution in [0.4, 0.5) is 0 Å². The van der Waals surface area contributed by atoms with E-state index in [1.54, 1.807) is 0 Å². The van der Waals surface area contributed by atoms with Gasteiger partial charge in [-0.3, -0.25) is 0 Å². The lowest BCUT2D eigenvalue weighted by molar-refractivity contribution is 0.326. The fraction of sp³-hybridized carbons (Fsp3) is 0.667. The predicted molar refractivity (Wildman–Crippen MR) is 435 cm³/mol. The van der Waals surface area contributed by atoms with Gasteiger partial charge in [0.25, 0.3) is 0 Å². The van der Waals surface area contributed by atoms with Gasteiger partial charge in [-0.25, -0.2) is 74.7 Å². The summed E-state index contributed by atoms with van der Waals surface area (Å²) >= 11 is 0. The van der Waals surface area contributed by atoms with E-state index in [1.807, 2.05) is 0 Å². The minimum atomic E-state index is -1.23. The average molecular weight is 1590 g/mol. The Hall–Kier alpha value is -1.92. The second-order valence-electron chi connectivity index (χ2n) is 30.3. The van der Waals surface area contributed by atoms with E-state index in [4.69, 9.17) is 36.2 Å². The molecule has 0 atom stereocenters. The largest absolute Gasteiger partial charge is 0.444 e. The van der Waals surface area contributed by atoms with E-state index in [9.17, 15) is 0 Å². The van der Waals surface area contributed by atoms with Crippen LogP contribution in [0.3, 0.4) is 0 Å². The summed E-state index contributed by atoms with van der Waals surface area (Å²) in [5.74, 6) is 5.24. The molecule has 0 saturated carbocycles. The normalized spacial score (nSPS) is 26.7. The van der Waals surface area contributed by atoms with E-state index >= 15 is 0 Å². The molecule has 8 heterocycles. The van der Waals surface area contributed by atoms with Crippen LogP contribution < -0.4 is 36.2 Å². The topological polar surface area (TPSA) is 126 Å². The Balaban J connectivity index is 1.15. The minimum Gasteiger partial charge on any atom is -0.444 e. The van der Waals surface area contributed by atoms with E-state index in [1.165, 1.54) is 0 Å². The number of rotatable bonds is 16. The fourth-order valence-electron chi connectivity index (χ4n) is 15.9. The van der Waals surface area contributed by atoms with Crippen LogP contribution in [0.25, 0.3) is 0 Å². The van der Waals surface area contributed by atoms with Crippen molar-refractivity contribution in [2.24, 2.45) is 0 Å². The summed E-state index contributed by atoms with van der Waals surface area (Å²) in [5, 5.41) is 0. The minimum absolute atomic E-state index is 0.307. The summed E-state index contributed by atoms with van der Waals surface area (Å²) in [5.41, 5.74) is 8.46. The van der Waals surface area contributed by atoms with E-state index in [2.05, 4.69) is 264 Å². The lowest BCUT2D eigenvalue weighted by atomic mass is 9.81. The van der Waals surface area contributed by atoms with E-state index in [0.29, 0.717) is 0 Å². The third-order valence-electron chi connectivity index (χ3n) is 22.1. The van der Waals surface area contributed by atoms with Gasteiger partial charge in [0, 0.05) is 197 Å². The highest BCUT2D eigenvalue weighted by atomic mass is 31.2. The molecule has 0 amide bonds. The van der Waals surface area contributed by atoms with Crippen LogP contribution in [0.5, 0.6) is 46.0 Å². The molecule has 8 saturated heterocycles. The third-order valence-corrected chi connectivity index (χ3v) is 37.5. The van der Waals surface area contributed by atoms with Gasteiger partial charge in [0.1, 0.15) is 46.0 Å². The van der Waals surface area contributed by atoms with Gasteiger partial charge in [0.15, 0.2) is 0 Å². The maximum absolute atomic E-state index is 7.81. The molecule has 0 N–H and O–H groups in total. The van der Waals surface area contributed by atoms with Crippen molar-refractivity contribution in [3.05, 3.63) is 93.0 Å². The summed E-state index contributed by atoms with van der Waals surface area (Å²) in [4.78, 5) is 0. The van der Waals surface area contributed by atoms with Crippen LogP contribution in [0.2, 0.25) is 0 Å². The fourth-order valence-corrected chi connectivity index (χ4v) is 30.0. The number of hydrogen-bond acceptors (Lipinski definition) is 24. The molecule has 8 aliphatic heterocycles. The molecule has 13 rings (SSSR count). The zero-order chi connectivity index (χ0) is 73.7. The third kappa shape index (κ3) is 17.3. The molecule has 576 valence electrons.